The highest BCUT2D eigenvalue weighted by Crippen LogP contribution is 2.27. The van der Waals surface area contributed by atoms with E-state index in [1.165, 1.54) is 0 Å². The molecule has 4 N–H and O–H groups in total. The number of amides is 4. The minimum absolute atomic E-state index is 0.0372. The number of ether oxygens (including phenoxy) is 1. The summed E-state index contributed by atoms with van der Waals surface area (Å²) in [7, 11) is 0. The molecule has 1 aliphatic rings. The number of carbonyl (C=O) groups is 4. The fourth-order valence-corrected chi connectivity index (χ4v) is 3.64. The Hall–Kier alpha value is -3.17. The molecule has 1 aromatic carbocycles. The van der Waals surface area contributed by atoms with E-state index in [9.17, 15) is 23.6 Å². The van der Waals surface area contributed by atoms with Crippen molar-refractivity contribution in [2.45, 2.75) is 57.6 Å². The molecule has 0 radical (unpaired) electrons. The van der Waals surface area contributed by atoms with Gasteiger partial charge in [-0.2, -0.15) is 0 Å². The first-order valence-corrected chi connectivity index (χ1v) is 10.8. The molecule has 0 spiro atoms. The summed E-state index contributed by atoms with van der Waals surface area (Å²) < 4.78 is 18.1. The number of alkyl halides is 1. The summed E-state index contributed by atoms with van der Waals surface area (Å²) in [5.74, 6) is -2.16. The molecule has 2 rings (SSSR count). The van der Waals surface area contributed by atoms with Crippen LogP contribution in [0.2, 0.25) is 0 Å². The molecule has 0 unspecified atom stereocenters. The third-order valence-corrected chi connectivity index (χ3v) is 5.36. The Kier molecular flexibility index (Phi) is 10.4. The fraction of sp³-hybridized carbons (Fsp3) is 0.545. The van der Waals surface area contributed by atoms with Gasteiger partial charge in [0.2, 0.25) is 5.91 Å². The summed E-state index contributed by atoms with van der Waals surface area (Å²) in [6.45, 7) is -1.58. The number of rotatable bonds is 10. The molecule has 1 atom stereocenters. The highest BCUT2D eigenvalue weighted by molar-refractivity contribution is 5.88. The second-order valence-electron chi connectivity index (χ2n) is 7.87. The van der Waals surface area contributed by atoms with Gasteiger partial charge in [0.15, 0.2) is 6.67 Å². The smallest absolute Gasteiger partial charge is 0.408 e. The van der Waals surface area contributed by atoms with E-state index >= 15 is 0 Å². The molecule has 0 bridgehead atoms. The maximum Gasteiger partial charge on any atom is 0.408 e. The summed E-state index contributed by atoms with van der Waals surface area (Å²) in [6.07, 6.45) is 4.42. The van der Waals surface area contributed by atoms with Crippen molar-refractivity contribution in [3.05, 3.63) is 35.9 Å². The van der Waals surface area contributed by atoms with Crippen LogP contribution < -0.4 is 16.5 Å². The van der Waals surface area contributed by atoms with E-state index in [0.29, 0.717) is 6.42 Å². The molecule has 1 fully saturated rings. The zero-order valence-corrected chi connectivity index (χ0v) is 18.1. The predicted molar refractivity (Wildman–Crippen MR) is 114 cm³/mol. The highest BCUT2D eigenvalue weighted by atomic mass is 19.1. The maximum atomic E-state index is 12.9. The van der Waals surface area contributed by atoms with Crippen LogP contribution >= 0.6 is 0 Å². The minimum Gasteiger partial charge on any atom is -0.445 e. The molecule has 176 valence electrons. The van der Waals surface area contributed by atoms with Gasteiger partial charge in [-0.3, -0.25) is 24.8 Å². The molecular weight excluding hydrogens is 419 g/mol. The van der Waals surface area contributed by atoms with Crippen molar-refractivity contribution in [3.8, 4) is 0 Å². The first-order valence-electron chi connectivity index (χ1n) is 10.8. The highest BCUT2D eigenvalue weighted by Gasteiger charge is 2.28. The van der Waals surface area contributed by atoms with Crippen molar-refractivity contribution in [2.24, 2.45) is 11.7 Å². The van der Waals surface area contributed by atoms with E-state index < -0.39 is 36.5 Å². The zero-order valence-electron chi connectivity index (χ0n) is 18.1. The molecule has 1 saturated carbocycles. The van der Waals surface area contributed by atoms with E-state index in [4.69, 9.17) is 10.5 Å². The quantitative estimate of drug-likeness (QED) is 0.469. The SMILES string of the molecule is NC(=O)CCN(NC(=O)[C@H](CC1CCCCC1)NC(=O)OCc1ccccc1)C(=O)CF. The number of hydrogen-bond acceptors (Lipinski definition) is 5. The number of hydrazine groups is 1. The summed E-state index contributed by atoms with van der Waals surface area (Å²) in [5.41, 5.74) is 8.20. The number of hydrogen-bond donors (Lipinski definition) is 3. The molecule has 0 aliphatic heterocycles. The van der Waals surface area contributed by atoms with E-state index in [-0.39, 0.29) is 25.5 Å². The molecule has 9 nitrogen and oxygen atoms in total. The number of nitrogens with zero attached hydrogens (tertiary/aromatic N) is 1. The van der Waals surface area contributed by atoms with Crippen LogP contribution in [0.25, 0.3) is 0 Å². The average Bonchev–Trinajstić information content (AvgIpc) is 2.80. The van der Waals surface area contributed by atoms with Crippen LogP contribution in [0.5, 0.6) is 0 Å². The summed E-state index contributed by atoms with van der Waals surface area (Å²) in [6, 6.07) is 8.11. The molecule has 1 aliphatic carbocycles. The van der Waals surface area contributed by atoms with Gasteiger partial charge in [-0.25, -0.2) is 9.18 Å². The van der Waals surface area contributed by atoms with Gasteiger partial charge < -0.3 is 15.8 Å². The number of nitrogens with one attached hydrogen (secondary N) is 2. The Balaban J connectivity index is 2.02. The monoisotopic (exact) mass is 450 g/mol. The lowest BCUT2D eigenvalue weighted by atomic mass is 9.84. The topological polar surface area (TPSA) is 131 Å². The molecule has 0 saturated heterocycles. The van der Waals surface area contributed by atoms with Crippen molar-refractivity contribution in [2.75, 3.05) is 13.2 Å². The van der Waals surface area contributed by atoms with Crippen LogP contribution in [0.15, 0.2) is 30.3 Å². The van der Waals surface area contributed by atoms with Gasteiger partial charge in [-0.05, 0) is 17.9 Å². The molecule has 0 heterocycles. The van der Waals surface area contributed by atoms with Gasteiger partial charge in [-0.1, -0.05) is 62.4 Å². The number of benzene rings is 1. The Labute approximate surface area is 186 Å². The van der Waals surface area contributed by atoms with Gasteiger partial charge in [-0.15, -0.1) is 0 Å². The number of primary amides is 1. The summed E-state index contributed by atoms with van der Waals surface area (Å²) in [5, 5.41) is 3.29. The van der Waals surface area contributed by atoms with E-state index in [0.717, 1.165) is 42.7 Å². The molecular formula is C22H31FN4O5. The normalized spacial score (nSPS) is 14.8. The van der Waals surface area contributed by atoms with Crippen LogP contribution in [-0.4, -0.2) is 48.1 Å². The number of carbonyl (C=O) groups excluding carboxylic acids is 4. The Morgan fingerprint density at radius 2 is 1.81 bits per heavy atom. The molecule has 32 heavy (non-hydrogen) atoms. The summed E-state index contributed by atoms with van der Waals surface area (Å²) in [4.78, 5) is 48.1. The summed E-state index contributed by atoms with van der Waals surface area (Å²) >= 11 is 0. The van der Waals surface area contributed by atoms with Crippen LogP contribution in [0.1, 0.15) is 50.5 Å². The number of nitrogens with two attached hydrogens (primary N) is 1. The third-order valence-electron chi connectivity index (χ3n) is 5.36. The Morgan fingerprint density at radius 3 is 2.44 bits per heavy atom. The maximum absolute atomic E-state index is 12.9. The first kappa shape index (κ1) is 25.1. The fourth-order valence-electron chi connectivity index (χ4n) is 3.64. The van der Waals surface area contributed by atoms with Crippen molar-refractivity contribution in [1.29, 1.82) is 0 Å². The van der Waals surface area contributed by atoms with E-state index in [1.54, 1.807) is 12.1 Å². The van der Waals surface area contributed by atoms with Crippen LogP contribution in [-0.2, 0) is 25.7 Å². The van der Waals surface area contributed by atoms with Crippen LogP contribution in [0.3, 0.4) is 0 Å². The lowest BCUT2D eigenvalue weighted by Crippen LogP contribution is -2.55. The van der Waals surface area contributed by atoms with Crippen LogP contribution in [0.4, 0.5) is 9.18 Å². The van der Waals surface area contributed by atoms with Gasteiger partial charge in [0.1, 0.15) is 12.6 Å². The predicted octanol–water partition coefficient (Wildman–Crippen LogP) is 1.96. The molecule has 4 amide bonds. The largest absolute Gasteiger partial charge is 0.445 e. The van der Waals surface area contributed by atoms with E-state index in [1.807, 2.05) is 18.2 Å². The second-order valence-corrected chi connectivity index (χ2v) is 7.87. The average molecular weight is 451 g/mol. The second kappa shape index (κ2) is 13.3. The van der Waals surface area contributed by atoms with E-state index in [2.05, 4.69) is 10.7 Å². The van der Waals surface area contributed by atoms with Crippen LogP contribution in [0, 0.1) is 5.92 Å². The van der Waals surface area contributed by atoms with Gasteiger partial charge in [0.05, 0.1) is 6.54 Å². The minimum atomic E-state index is -1.35. The van der Waals surface area contributed by atoms with Crippen molar-refractivity contribution >= 4 is 23.8 Å². The molecule has 10 heteroatoms. The standard InChI is InChI=1S/C22H31FN4O5/c23-14-20(29)27(12-11-19(24)28)26-21(30)18(13-16-7-3-1-4-8-16)25-22(31)32-15-17-9-5-2-6-10-17/h2,5-6,9-10,16,18H,1,3-4,7-8,11-15H2,(H2,24,28)(H,25,31)(H,26,30)/t18-/m0/s1. The molecule has 0 aromatic heterocycles. The Bertz CT molecular complexity index is 771. The lowest BCUT2D eigenvalue weighted by molar-refractivity contribution is -0.143. The zero-order chi connectivity index (χ0) is 23.3. The lowest BCUT2D eigenvalue weighted by Gasteiger charge is -2.29. The van der Waals surface area contributed by atoms with Crippen molar-refractivity contribution < 1.29 is 28.3 Å². The first-order chi connectivity index (χ1) is 15.4. The van der Waals surface area contributed by atoms with Gasteiger partial charge in [0.25, 0.3) is 11.8 Å². The molecule has 1 aromatic rings. The number of halogens is 1. The third kappa shape index (κ3) is 8.91. The Morgan fingerprint density at radius 1 is 1.12 bits per heavy atom. The van der Waals surface area contributed by atoms with Gasteiger partial charge in [0, 0.05) is 6.42 Å². The number of alkyl carbamates (subject to hydrolysis) is 1. The van der Waals surface area contributed by atoms with Crippen molar-refractivity contribution in [1.82, 2.24) is 15.8 Å². The van der Waals surface area contributed by atoms with Gasteiger partial charge >= 0.3 is 6.09 Å². The van der Waals surface area contributed by atoms with Crippen molar-refractivity contribution in [3.63, 3.8) is 0 Å².